The number of hydrogen-bond donors (Lipinski definition) is 2. The van der Waals surface area contributed by atoms with E-state index in [1.54, 1.807) is 17.0 Å². The van der Waals surface area contributed by atoms with E-state index in [0.29, 0.717) is 38.3 Å². The van der Waals surface area contributed by atoms with Crippen molar-refractivity contribution < 1.29 is 18.9 Å². The molecule has 2 aromatic carbocycles. The number of anilines is 1. The molecule has 3 rings (SSSR count). The number of piperazine rings is 1. The van der Waals surface area contributed by atoms with Crippen LogP contribution in [0, 0.1) is 5.82 Å². The Labute approximate surface area is 158 Å². The third-order valence-corrected chi connectivity index (χ3v) is 4.91. The summed E-state index contributed by atoms with van der Waals surface area (Å²) >= 11 is 0. The predicted molar refractivity (Wildman–Crippen MR) is 102 cm³/mol. The molecule has 0 atom stereocenters. The Balaban J connectivity index is 1.50. The molecule has 0 spiro atoms. The number of nitrogens with zero attached hydrogens (tertiary/aromatic N) is 1. The van der Waals surface area contributed by atoms with E-state index < -0.39 is 5.82 Å². The topological polar surface area (TPSA) is 53.9 Å². The number of carbonyl (C=O) groups is 2. The molecule has 2 aromatic rings. The van der Waals surface area contributed by atoms with Crippen LogP contribution in [-0.2, 0) is 11.2 Å². The maximum Gasteiger partial charge on any atom is 0.279 e. The van der Waals surface area contributed by atoms with Crippen molar-refractivity contribution in [3.63, 3.8) is 0 Å². The number of benzene rings is 2. The van der Waals surface area contributed by atoms with Crippen molar-refractivity contribution >= 4 is 17.5 Å². The highest BCUT2D eigenvalue weighted by Crippen LogP contribution is 2.15. The molecule has 1 fully saturated rings. The van der Waals surface area contributed by atoms with Crippen LogP contribution in [0.15, 0.2) is 48.5 Å². The first-order valence-electron chi connectivity index (χ1n) is 9.33. The van der Waals surface area contributed by atoms with Crippen molar-refractivity contribution in [1.82, 2.24) is 4.90 Å². The number of para-hydroxylation sites is 1. The van der Waals surface area contributed by atoms with Crippen LogP contribution >= 0.6 is 0 Å². The minimum Gasteiger partial charge on any atom is -0.327 e. The van der Waals surface area contributed by atoms with E-state index >= 15 is 0 Å². The Kier molecular flexibility index (Phi) is 6.19. The lowest BCUT2D eigenvalue weighted by Gasteiger charge is -2.32. The maximum atomic E-state index is 13.3. The van der Waals surface area contributed by atoms with Gasteiger partial charge in [0.15, 0.2) is 6.54 Å². The number of halogens is 1. The Morgan fingerprint density at radius 2 is 1.85 bits per heavy atom. The van der Waals surface area contributed by atoms with E-state index in [-0.39, 0.29) is 11.8 Å². The number of hydrogen-bond acceptors (Lipinski definition) is 2. The van der Waals surface area contributed by atoms with Gasteiger partial charge in [-0.25, -0.2) is 4.39 Å². The van der Waals surface area contributed by atoms with Gasteiger partial charge in [0.25, 0.3) is 11.8 Å². The van der Waals surface area contributed by atoms with E-state index in [2.05, 4.69) is 12.2 Å². The lowest BCUT2D eigenvalue weighted by Crippen LogP contribution is -3.15. The van der Waals surface area contributed by atoms with Crippen molar-refractivity contribution in [2.24, 2.45) is 0 Å². The molecule has 5 nitrogen and oxygen atoms in total. The molecule has 6 heteroatoms. The average molecular weight is 370 g/mol. The lowest BCUT2D eigenvalue weighted by atomic mass is 10.1. The van der Waals surface area contributed by atoms with Gasteiger partial charge < -0.3 is 15.1 Å². The van der Waals surface area contributed by atoms with Gasteiger partial charge in [0, 0.05) is 11.3 Å². The van der Waals surface area contributed by atoms with Gasteiger partial charge in [-0.05, 0) is 36.2 Å². The fraction of sp³-hybridized carbons (Fsp3) is 0.333. The molecular formula is C21H25FN3O2+. The first kappa shape index (κ1) is 19.0. The summed E-state index contributed by atoms with van der Waals surface area (Å²) < 4.78 is 13.3. The predicted octanol–water partition coefficient (Wildman–Crippen LogP) is 1.37. The molecule has 1 heterocycles. The number of rotatable bonds is 5. The highest BCUT2D eigenvalue weighted by molar-refractivity contribution is 5.94. The molecule has 0 unspecified atom stereocenters. The number of aryl methyl sites for hydroxylation is 1. The van der Waals surface area contributed by atoms with Crippen LogP contribution in [0.5, 0.6) is 0 Å². The minimum atomic E-state index is -0.408. The van der Waals surface area contributed by atoms with Crippen molar-refractivity contribution in [1.29, 1.82) is 0 Å². The van der Waals surface area contributed by atoms with Crippen LogP contribution < -0.4 is 10.2 Å². The van der Waals surface area contributed by atoms with Crippen molar-refractivity contribution in [3.8, 4) is 0 Å². The average Bonchev–Trinajstić information content (AvgIpc) is 2.68. The second kappa shape index (κ2) is 8.77. The fourth-order valence-corrected chi connectivity index (χ4v) is 3.38. The van der Waals surface area contributed by atoms with E-state index in [9.17, 15) is 14.0 Å². The van der Waals surface area contributed by atoms with Gasteiger partial charge in [-0.2, -0.15) is 0 Å². The summed E-state index contributed by atoms with van der Waals surface area (Å²) in [5, 5.41) is 2.99. The Bertz CT molecular complexity index is 817. The first-order valence-corrected chi connectivity index (χ1v) is 9.33. The van der Waals surface area contributed by atoms with Crippen molar-refractivity contribution in [2.45, 2.75) is 13.3 Å². The van der Waals surface area contributed by atoms with E-state index in [0.717, 1.165) is 22.6 Å². The summed E-state index contributed by atoms with van der Waals surface area (Å²) in [7, 11) is 0. The normalized spacial score (nSPS) is 14.8. The summed E-state index contributed by atoms with van der Waals surface area (Å²) in [5.41, 5.74) is 2.35. The van der Waals surface area contributed by atoms with Gasteiger partial charge in [0.2, 0.25) is 0 Å². The summed E-state index contributed by atoms with van der Waals surface area (Å²) in [6.45, 7) is 4.95. The summed E-state index contributed by atoms with van der Waals surface area (Å²) in [6.07, 6.45) is 0.865. The van der Waals surface area contributed by atoms with Gasteiger partial charge >= 0.3 is 0 Å². The minimum absolute atomic E-state index is 0.0178. The van der Waals surface area contributed by atoms with Crippen LogP contribution in [0.4, 0.5) is 10.1 Å². The van der Waals surface area contributed by atoms with Crippen molar-refractivity contribution in [2.75, 3.05) is 38.0 Å². The summed E-state index contributed by atoms with van der Waals surface area (Å²) in [5.74, 6) is -0.583. The molecule has 2 N–H and O–H groups in total. The monoisotopic (exact) mass is 370 g/mol. The molecular weight excluding hydrogens is 345 g/mol. The molecule has 1 aliphatic heterocycles. The quantitative estimate of drug-likeness (QED) is 0.835. The summed E-state index contributed by atoms with van der Waals surface area (Å²) in [4.78, 5) is 27.7. The van der Waals surface area contributed by atoms with Gasteiger partial charge in [-0.15, -0.1) is 0 Å². The molecule has 0 aliphatic carbocycles. The molecule has 0 radical (unpaired) electrons. The highest BCUT2D eigenvalue weighted by atomic mass is 19.1. The number of amides is 2. The molecule has 1 aliphatic rings. The van der Waals surface area contributed by atoms with Crippen LogP contribution in [0.25, 0.3) is 0 Å². The lowest BCUT2D eigenvalue weighted by molar-refractivity contribution is -0.895. The standard InChI is InChI=1S/C21H24FN3O2/c1-2-16-6-3-4-9-19(16)23-20(26)15-24-10-12-25(13-11-24)21(27)17-7-5-8-18(22)14-17/h3-9,14H,2,10-13,15H2,1H3,(H,23,26)/p+1. The third-order valence-electron chi connectivity index (χ3n) is 4.91. The van der Waals surface area contributed by atoms with E-state index in [1.165, 1.54) is 12.1 Å². The number of nitrogens with one attached hydrogen (secondary N) is 2. The van der Waals surface area contributed by atoms with Gasteiger partial charge in [0.1, 0.15) is 5.82 Å². The Morgan fingerprint density at radius 1 is 1.11 bits per heavy atom. The number of quaternary nitrogens is 1. The maximum absolute atomic E-state index is 13.3. The van der Waals surface area contributed by atoms with E-state index in [4.69, 9.17) is 0 Å². The second-order valence-electron chi connectivity index (χ2n) is 6.79. The zero-order valence-electron chi connectivity index (χ0n) is 15.5. The van der Waals surface area contributed by atoms with Gasteiger partial charge in [-0.1, -0.05) is 31.2 Å². The SMILES string of the molecule is CCc1ccccc1NC(=O)C[NH+]1CCN(C(=O)c2cccc(F)c2)CC1. The highest BCUT2D eigenvalue weighted by Gasteiger charge is 2.26. The second-order valence-corrected chi connectivity index (χ2v) is 6.79. The zero-order valence-corrected chi connectivity index (χ0v) is 15.5. The van der Waals surface area contributed by atoms with Crippen LogP contribution in [0.2, 0.25) is 0 Å². The third kappa shape index (κ3) is 4.92. The zero-order chi connectivity index (χ0) is 19.2. The van der Waals surface area contributed by atoms with Gasteiger partial charge in [0.05, 0.1) is 26.2 Å². The molecule has 142 valence electrons. The molecule has 0 saturated carbocycles. The first-order chi connectivity index (χ1) is 13.1. The number of carbonyl (C=O) groups excluding carboxylic acids is 2. The largest absolute Gasteiger partial charge is 0.327 e. The molecule has 1 saturated heterocycles. The van der Waals surface area contributed by atoms with Gasteiger partial charge in [-0.3, -0.25) is 9.59 Å². The smallest absolute Gasteiger partial charge is 0.279 e. The summed E-state index contributed by atoms with van der Waals surface area (Å²) in [6, 6.07) is 13.6. The Hall–Kier alpha value is -2.73. The van der Waals surface area contributed by atoms with Crippen LogP contribution in [-0.4, -0.2) is 49.4 Å². The fourth-order valence-electron chi connectivity index (χ4n) is 3.38. The van der Waals surface area contributed by atoms with E-state index in [1.807, 2.05) is 24.3 Å². The molecule has 0 bridgehead atoms. The van der Waals surface area contributed by atoms with Crippen LogP contribution in [0.1, 0.15) is 22.8 Å². The van der Waals surface area contributed by atoms with Crippen LogP contribution in [0.3, 0.4) is 0 Å². The molecule has 27 heavy (non-hydrogen) atoms. The molecule has 2 amide bonds. The van der Waals surface area contributed by atoms with Crippen molar-refractivity contribution in [3.05, 3.63) is 65.5 Å². The Morgan fingerprint density at radius 3 is 2.56 bits per heavy atom. The molecule has 0 aromatic heterocycles.